The summed E-state index contributed by atoms with van der Waals surface area (Å²) in [5, 5.41) is 0. The predicted octanol–water partition coefficient (Wildman–Crippen LogP) is 1.03. The van der Waals surface area contributed by atoms with Gasteiger partial charge in [0.2, 0.25) is 5.72 Å². The first kappa shape index (κ1) is 18.3. The average molecular weight is 296 g/mol. The summed E-state index contributed by atoms with van der Waals surface area (Å²) in [4.78, 5) is 29.2. The smallest absolute Gasteiger partial charge is 0.462 e. The zero-order chi connectivity index (χ0) is 15.5. The van der Waals surface area contributed by atoms with Gasteiger partial charge in [-0.05, 0) is 6.92 Å². The molecule has 0 heterocycles. The fraction of sp³-hybridized carbons (Fsp3) is 0.727. The van der Waals surface area contributed by atoms with Crippen molar-refractivity contribution in [2.45, 2.75) is 26.0 Å². The number of carbonyl (C=O) groups excluding carboxylic acids is 1. The number of rotatable bonds is 7. The molecule has 0 amide bonds. The number of hydrogen-bond acceptors (Lipinski definition) is 4. The molecule has 0 aliphatic heterocycles. The molecule has 1 unspecified atom stereocenters. The van der Waals surface area contributed by atoms with Crippen LogP contribution in [0.1, 0.15) is 20.3 Å². The van der Waals surface area contributed by atoms with Crippen molar-refractivity contribution in [1.29, 1.82) is 0 Å². The van der Waals surface area contributed by atoms with E-state index in [1.807, 2.05) is 0 Å². The van der Waals surface area contributed by atoms with E-state index in [1.54, 1.807) is 28.1 Å². The lowest BCUT2D eigenvalue weighted by molar-refractivity contribution is -0.944. The SMILES string of the molecule is C=C(C)C(=O)OCCC(C)(OP(=O)(O)O)[N+](C)(C)C. The third kappa shape index (κ3) is 6.31. The second-order valence-corrected chi connectivity index (χ2v) is 6.60. The number of quaternary nitrogens is 1. The predicted molar refractivity (Wildman–Crippen MR) is 70.0 cm³/mol. The summed E-state index contributed by atoms with van der Waals surface area (Å²) >= 11 is 0. The van der Waals surface area contributed by atoms with Gasteiger partial charge in [-0.25, -0.2) is 13.9 Å². The molecule has 0 aromatic rings. The van der Waals surface area contributed by atoms with Gasteiger partial charge in [0.15, 0.2) is 0 Å². The van der Waals surface area contributed by atoms with Gasteiger partial charge in [0.1, 0.15) is 6.61 Å². The number of esters is 1. The third-order valence-electron chi connectivity index (χ3n) is 2.88. The van der Waals surface area contributed by atoms with Gasteiger partial charge in [-0.3, -0.25) is 0 Å². The minimum absolute atomic E-state index is 0.0162. The summed E-state index contributed by atoms with van der Waals surface area (Å²) in [6.07, 6.45) is 0.140. The molecule has 0 fully saturated rings. The molecule has 112 valence electrons. The zero-order valence-electron chi connectivity index (χ0n) is 12.0. The van der Waals surface area contributed by atoms with Crippen LogP contribution in [0.2, 0.25) is 0 Å². The van der Waals surface area contributed by atoms with Crippen molar-refractivity contribution in [2.75, 3.05) is 27.7 Å². The molecule has 8 heteroatoms. The van der Waals surface area contributed by atoms with Gasteiger partial charge in [-0.1, -0.05) is 6.58 Å². The number of phosphoric acid groups is 1. The van der Waals surface area contributed by atoms with Gasteiger partial charge < -0.3 is 19.0 Å². The van der Waals surface area contributed by atoms with Crippen molar-refractivity contribution in [1.82, 2.24) is 0 Å². The second-order valence-electron chi connectivity index (χ2n) is 5.44. The summed E-state index contributed by atoms with van der Waals surface area (Å²) < 4.78 is 21.0. The first-order chi connectivity index (χ1) is 8.28. The Morgan fingerprint density at radius 3 is 2.16 bits per heavy atom. The van der Waals surface area contributed by atoms with Crippen LogP contribution >= 0.6 is 7.82 Å². The lowest BCUT2D eigenvalue weighted by Crippen LogP contribution is -2.56. The van der Waals surface area contributed by atoms with Crippen LogP contribution in [0.4, 0.5) is 0 Å². The van der Waals surface area contributed by atoms with Gasteiger partial charge >= 0.3 is 13.8 Å². The maximum Gasteiger partial charge on any atom is 0.474 e. The number of carbonyl (C=O) groups is 1. The van der Waals surface area contributed by atoms with Crippen molar-refractivity contribution in [2.24, 2.45) is 0 Å². The van der Waals surface area contributed by atoms with Gasteiger partial charge in [-0.2, -0.15) is 0 Å². The normalized spacial score (nSPS) is 15.7. The fourth-order valence-corrected chi connectivity index (χ4v) is 2.06. The Morgan fingerprint density at radius 2 is 1.84 bits per heavy atom. The van der Waals surface area contributed by atoms with Gasteiger partial charge in [0.25, 0.3) is 0 Å². The Kier molecular flexibility index (Phi) is 5.92. The Morgan fingerprint density at radius 1 is 1.37 bits per heavy atom. The van der Waals surface area contributed by atoms with Crippen LogP contribution in [0.3, 0.4) is 0 Å². The fourth-order valence-electron chi connectivity index (χ4n) is 1.22. The van der Waals surface area contributed by atoms with E-state index >= 15 is 0 Å². The molecule has 0 aliphatic rings. The Bertz CT molecular complexity index is 396. The van der Waals surface area contributed by atoms with Crippen molar-refractivity contribution in [3.8, 4) is 0 Å². The minimum Gasteiger partial charge on any atom is -0.462 e. The monoisotopic (exact) mass is 296 g/mol. The van der Waals surface area contributed by atoms with Crippen LogP contribution in [-0.2, 0) is 18.6 Å². The molecule has 0 saturated heterocycles. The van der Waals surface area contributed by atoms with E-state index in [9.17, 15) is 9.36 Å². The van der Waals surface area contributed by atoms with E-state index in [1.165, 1.54) is 6.92 Å². The average Bonchev–Trinajstić information content (AvgIpc) is 2.12. The summed E-state index contributed by atoms with van der Waals surface area (Å²) in [5.41, 5.74) is -0.920. The summed E-state index contributed by atoms with van der Waals surface area (Å²) in [5.74, 6) is -0.542. The molecule has 0 aromatic carbocycles. The lowest BCUT2D eigenvalue weighted by Gasteiger charge is -2.42. The van der Waals surface area contributed by atoms with Crippen LogP contribution in [0.5, 0.6) is 0 Å². The largest absolute Gasteiger partial charge is 0.474 e. The Labute approximate surface area is 113 Å². The highest BCUT2D eigenvalue weighted by atomic mass is 31.2. The van der Waals surface area contributed by atoms with E-state index in [0.29, 0.717) is 0 Å². The van der Waals surface area contributed by atoms with E-state index in [4.69, 9.17) is 19.0 Å². The molecule has 0 bridgehead atoms. The van der Waals surface area contributed by atoms with Gasteiger partial charge in [0, 0.05) is 12.5 Å². The summed E-state index contributed by atoms with van der Waals surface area (Å²) in [6.45, 7) is 6.51. The second kappa shape index (κ2) is 6.15. The van der Waals surface area contributed by atoms with Crippen LogP contribution in [0.25, 0.3) is 0 Å². The highest BCUT2D eigenvalue weighted by Crippen LogP contribution is 2.44. The van der Waals surface area contributed by atoms with Crippen molar-refractivity contribution < 1.29 is 32.9 Å². The highest BCUT2D eigenvalue weighted by Gasteiger charge is 2.44. The standard InChI is InChI=1S/C11H22NO6P/c1-9(2)10(13)17-8-7-11(3,12(4,5)6)18-19(14,15)16/h1,7-8H2,2-6H3,(H-,14,15,16)/p+1. The maximum atomic E-state index is 11.2. The molecule has 0 radical (unpaired) electrons. The first-order valence-electron chi connectivity index (χ1n) is 5.69. The molecule has 0 aromatic heterocycles. The zero-order valence-corrected chi connectivity index (χ0v) is 12.9. The van der Waals surface area contributed by atoms with Gasteiger partial charge in [-0.15, -0.1) is 0 Å². The molecule has 0 rings (SSSR count). The number of ether oxygens (including phenoxy) is 1. The quantitative estimate of drug-likeness (QED) is 0.240. The molecular weight excluding hydrogens is 273 g/mol. The van der Waals surface area contributed by atoms with Crippen molar-refractivity contribution >= 4 is 13.8 Å². The number of nitrogens with zero attached hydrogens (tertiary/aromatic N) is 1. The first-order valence-corrected chi connectivity index (χ1v) is 7.22. The molecule has 0 spiro atoms. The molecule has 0 saturated carbocycles. The minimum atomic E-state index is -4.64. The third-order valence-corrected chi connectivity index (χ3v) is 3.51. The van der Waals surface area contributed by atoms with E-state index in [2.05, 4.69) is 6.58 Å². The Balaban J connectivity index is 4.77. The number of hydrogen-bond donors (Lipinski definition) is 2. The molecule has 2 N–H and O–H groups in total. The van der Waals surface area contributed by atoms with E-state index in [-0.39, 0.29) is 23.1 Å². The molecule has 1 atom stereocenters. The topological polar surface area (TPSA) is 93.1 Å². The highest BCUT2D eigenvalue weighted by molar-refractivity contribution is 7.46. The molecular formula is C11H23NO6P+. The van der Waals surface area contributed by atoms with Crippen LogP contribution < -0.4 is 0 Å². The number of phosphoric ester groups is 1. The Hall–Kier alpha value is -0.720. The maximum absolute atomic E-state index is 11.2. The van der Waals surface area contributed by atoms with Crippen molar-refractivity contribution in [3.63, 3.8) is 0 Å². The molecule has 0 aliphatic carbocycles. The van der Waals surface area contributed by atoms with Crippen LogP contribution in [-0.4, -0.2) is 53.7 Å². The summed E-state index contributed by atoms with van der Waals surface area (Å²) in [7, 11) is 0.557. The summed E-state index contributed by atoms with van der Waals surface area (Å²) in [6, 6.07) is 0. The van der Waals surface area contributed by atoms with Crippen molar-refractivity contribution in [3.05, 3.63) is 12.2 Å². The van der Waals surface area contributed by atoms with E-state index in [0.717, 1.165) is 0 Å². The molecule has 7 nitrogen and oxygen atoms in total. The lowest BCUT2D eigenvalue weighted by atomic mass is 10.1. The van der Waals surface area contributed by atoms with Crippen LogP contribution in [0.15, 0.2) is 12.2 Å². The van der Waals surface area contributed by atoms with E-state index < -0.39 is 19.5 Å². The molecule has 19 heavy (non-hydrogen) atoms. The van der Waals surface area contributed by atoms with Crippen LogP contribution in [0, 0.1) is 0 Å². The van der Waals surface area contributed by atoms with Gasteiger partial charge in [0.05, 0.1) is 27.6 Å².